The summed E-state index contributed by atoms with van der Waals surface area (Å²) in [6.45, 7) is 26.8. The molecule has 4 aromatic heterocycles. The van der Waals surface area contributed by atoms with E-state index < -0.39 is 10.8 Å². The summed E-state index contributed by atoms with van der Waals surface area (Å²) in [6.07, 6.45) is 1.66. The molecule has 5 aromatic carbocycles. The number of Topliss-reactive ketones (excluding diaryl/α,β-unsaturated/α-hetero) is 2. The summed E-state index contributed by atoms with van der Waals surface area (Å²) in [5, 5.41) is 9.85. The molecule has 0 amide bonds. The highest BCUT2D eigenvalue weighted by atomic mass is 16.1. The normalized spacial score (nSPS) is 19.4. The second kappa shape index (κ2) is 9.52. The molecule has 55 heavy (non-hydrogen) atoms. The Balaban J connectivity index is 1.33. The molecule has 0 radical (unpaired) electrons. The maximum Gasteiger partial charge on any atom is 0.169 e. The Hall–Kier alpha value is -4.96. The van der Waals surface area contributed by atoms with E-state index >= 15 is 0 Å². The van der Waals surface area contributed by atoms with Crippen LogP contribution in [0.5, 0.6) is 0 Å². The van der Waals surface area contributed by atoms with E-state index in [0.717, 1.165) is 40.6 Å². The SMILES string of the molecule is Cc1c2c(cc3c4cccc5c6cc7c(cc6n(c13)c54)c1cc(C(C)(C)C)cc3c4cc5c(cc4n7c31)C(=O)C(C)(C)CC5(C)C)C(C)(C)CC(C)(C)C2=O. The van der Waals surface area contributed by atoms with Gasteiger partial charge in [0.05, 0.1) is 33.1 Å². The number of para-hydroxylation sites is 1. The molecule has 2 aliphatic carbocycles. The van der Waals surface area contributed by atoms with Crippen molar-refractivity contribution in [1.82, 2.24) is 8.80 Å². The number of aromatic nitrogens is 2. The van der Waals surface area contributed by atoms with E-state index in [4.69, 9.17) is 0 Å². The minimum Gasteiger partial charge on any atom is -0.308 e. The van der Waals surface area contributed by atoms with Gasteiger partial charge in [0.2, 0.25) is 0 Å². The molecule has 4 heterocycles. The van der Waals surface area contributed by atoms with E-state index in [2.05, 4.69) is 153 Å². The quantitative estimate of drug-likeness (QED) is 0.156. The number of carbonyl (C=O) groups excluding carboxylic acids is 2. The fourth-order valence-corrected chi connectivity index (χ4v) is 12.2. The Bertz CT molecular complexity index is 3280. The summed E-state index contributed by atoms with van der Waals surface area (Å²) in [5.41, 5.74) is 12.4. The standard InChI is InChI=1S/C51H50N2O2/c1-25-41-37(49(7,8)24-51(11,12)46(41)55)19-34-28-15-13-14-27-30-20-38-31(21-40(30)53(42(25)34)43(27)28)33-17-26(47(2,3)4)16-32-29-18-36-35(22-39(29)52(38)44(32)33)45(54)50(9,10)23-48(36,5)6/h13-22H,23-24H2,1-12H3. The summed E-state index contributed by atoms with van der Waals surface area (Å²) in [7, 11) is 0. The molecule has 0 spiro atoms. The molecule has 4 heteroatoms. The maximum atomic E-state index is 14.3. The van der Waals surface area contributed by atoms with Crippen molar-refractivity contribution in [3.8, 4) is 0 Å². The molecule has 0 saturated carbocycles. The number of hydrogen-bond donors (Lipinski definition) is 0. The van der Waals surface area contributed by atoms with Crippen molar-refractivity contribution in [3.63, 3.8) is 0 Å². The van der Waals surface area contributed by atoms with Gasteiger partial charge in [-0.15, -0.1) is 0 Å². The lowest BCUT2D eigenvalue weighted by molar-refractivity contribution is 0.0759. The first-order valence-corrected chi connectivity index (χ1v) is 20.2. The zero-order valence-corrected chi connectivity index (χ0v) is 34.4. The van der Waals surface area contributed by atoms with Crippen LogP contribution in [0.2, 0.25) is 0 Å². The number of carbonyl (C=O) groups is 2. The molecule has 0 atom stereocenters. The van der Waals surface area contributed by atoms with Crippen LogP contribution in [-0.2, 0) is 16.2 Å². The van der Waals surface area contributed by atoms with Crippen molar-refractivity contribution >= 4 is 87.8 Å². The fraction of sp³-hybridized carbons (Fsp3) is 0.373. The molecule has 0 N–H and O–H groups in total. The average molecular weight is 723 g/mol. The zero-order valence-electron chi connectivity index (χ0n) is 34.4. The highest BCUT2D eigenvalue weighted by molar-refractivity contribution is 6.30. The van der Waals surface area contributed by atoms with Gasteiger partial charge in [-0.2, -0.15) is 0 Å². The van der Waals surface area contributed by atoms with E-state index in [1.165, 1.54) is 81.8 Å². The summed E-state index contributed by atoms with van der Waals surface area (Å²) in [5.74, 6) is 0.497. The van der Waals surface area contributed by atoms with Gasteiger partial charge in [0.1, 0.15) is 0 Å². The molecule has 0 bridgehead atoms. The van der Waals surface area contributed by atoms with Crippen molar-refractivity contribution < 1.29 is 9.59 Å². The van der Waals surface area contributed by atoms with Crippen LogP contribution in [0.4, 0.5) is 0 Å². The van der Waals surface area contributed by atoms with E-state index in [1.54, 1.807) is 0 Å². The highest BCUT2D eigenvalue weighted by Crippen LogP contribution is 2.53. The minimum absolute atomic E-state index is 0.0601. The van der Waals surface area contributed by atoms with Gasteiger partial charge >= 0.3 is 0 Å². The molecule has 11 rings (SSSR count). The third-order valence-electron chi connectivity index (χ3n) is 14.3. The molecular weight excluding hydrogens is 673 g/mol. The number of benzene rings is 5. The molecule has 0 unspecified atom stereocenters. The number of nitrogens with zero attached hydrogens (tertiary/aromatic N) is 2. The van der Waals surface area contributed by atoms with Gasteiger partial charge in [-0.25, -0.2) is 0 Å². The van der Waals surface area contributed by atoms with E-state index in [-0.39, 0.29) is 27.8 Å². The summed E-state index contributed by atoms with van der Waals surface area (Å²) < 4.78 is 4.93. The van der Waals surface area contributed by atoms with E-state index in [1.807, 2.05) is 0 Å². The van der Waals surface area contributed by atoms with Crippen LogP contribution in [0, 0.1) is 17.8 Å². The van der Waals surface area contributed by atoms with Crippen molar-refractivity contribution in [2.45, 2.75) is 112 Å². The van der Waals surface area contributed by atoms with Crippen molar-refractivity contribution in [2.24, 2.45) is 10.8 Å². The summed E-state index contributed by atoms with van der Waals surface area (Å²) >= 11 is 0. The van der Waals surface area contributed by atoms with Crippen LogP contribution in [0.1, 0.15) is 132 Å². The lowest BCUT2D eigenvalue weighted by atomic mass is 9.61. The molecule has 0 saturated heterocycles. The first-order chi connectivity index (χ1) is 25.6. The largest absolute Gasteiger partial charge is 0.308 e. The van der Waals surface area contributed by atoms with Crippen molar-refractivity contribution in [2.75, 3.05) is 0 Å². The first-order valence-electron chi connectivity index (χ1n) is 20.2. The lowest BCUT2D eigenvalue weighted by Crippen LogP contribution is -2.40. The van der Waals surface area contributed by atoms with Crippen molar-refractivity contribution in [3.05, 3.63) is 94.0 Å². The van der Waals surface area contributed by atoms with Gasteiger partial charge in [0.15, 0.2) is 11.6 Å². The van der Waals surface area contributed by atoms with Crippen LogP contribution >= 0.6 is 0 Å². The molecule has 4 nitrogen and oxygen atoms in total. The van der Waals surface area contributed by atoms with Crippen LogP contribution in [0.25, 0.3) is 76.2 Å². The third kappa shape index (κ3) is 3.89. The van der Waals surface area contributed by atoms with Crippen LogP contribution in [-0.4, -0.2) is 20.4 Å². The number of hydrogen-bond acceptors (Lipinski definition) is 2. The summed E-state index contributed by atoms with van der Waals surface area (Å²) in [4.78, 5) is 28.5. The minimum atomic E-state index is -0.426. The van der Waals surface area contributed by atoms with Gasteiger partial charge in [-0.3, -0.25) is 9.59 Å². The Morgan fingerprint density at radius 2 is 0.982 bits per heavy atom. The number of fused-ring (bicyclic) bond motifs is 14. The number of aryl methyl sites for hydroxylation is 1. The molecule has 0 fully saturated rings. The van der Waals surface area contributed by atoms with Crippen LogP contribution < -0.4 is 0 Å². The smallest absolute Gasteiger partial charge is 0.169 e. The van der Waals surface area contributed by atoms with Gasteiger partial charge < -0.3 is 8.80 Å². The predicted octanol–water partition coefficient (Wildman–Crippen LogP) is 13.4. The molecule has 2 aliphatic rings. The highest BCUT2D eigenvalue weighted by Gasteiger charge is 2.46. The van der Waals surface area contributed by atoms with Gasteiger partial charge in [0.25, 0.3) is 0 Å². The van der Waals surface area contributed by atoms with E-state index in [0.29, 0.717) is 0 Å². The Kier molecular flexibility index (Phi) is 5.78. The molecule has 9 aromatic rings. The second-order valence-electron chi connectivity index (χ2n) is 21.2. The predicted molar refractivity (Wildman–Crippen MR) is 231 cm³/mol. The maximum absolute atomic E-state index is 14.3. The number of ketones is 2. The topological polar surface area (TPSA) is 43.0 Å². The van der Waals surface area contributed by atoms with Crippen LogP contribution in [0.15, 0.2) is 60.7 Å². The van der Waals surface area contributed by atoms with Gasteiger partial charge in [-0.05, 0) is 101 Å². The third-order valence-corrected chi connectivity index (χ3v) is 14.3. The van der Waals surface area contributed by atoms with E-state index in [9.17, 15) is 9.59 Å². The van der Waals surface area contributed by atoms with Crippen LogP contribution in [0.3, 0.4) is 0 Å². The first kappa shape index (κ1) is 33.4. The Morgan fingerprint density at radius 3 is 1.62 bits per heavy atom. The lowest BCUT2D eigenvalue weighted by Gasteiger charge is -2.41. The number of rotatable bonds is 0. The molecule has 276 valence electrons. The molecule has 0 aliphatic heterocycles. The monoisotopic (exact) mass is 722 g/mol. The fourth-order valence-electron chi connectivity index (χ4n) is 12.2. The molecular formula is C51H50N2O2. The Morgan fingerprint density at radius 1 is 0.509 bits per heavy atom. The van der Waals surface area contributed by atoms with Crippen molar-refractivity contribution in [1.29, 1.82) is 0 Å². The zero-order chi connectivity index (χ0) is 38.8. The average Bonchev–Trinajstić information content (AvgIpc) is 3.80. The Labute approximate surface area is 322 Å². The summed E-state index contributed by atoms with van der Waals surface area (Å²) in [6, 6.07) is 23.3. The second-order valence-corrected chi connectivity index (χ2v) is 21.2. The van der Waals surface area contributed by atoms with Gasteiger partial charge in [-0.1, -0.05) is 94.4 Å². The van der Waals surface area contributed by atoms with Gasteiger partial charge in [0, 0.05) is 65.0 Å².